The fourth-order valence-corrected chi connectivity index (χ4v) is 2.12. The van der Waals surface area contributed by atoms with Crippen molar-refractivity contribution in [3.63, 3.8) is 0 Å². The highest BCUT2D eigenvalue weighted by Crippen LogP contribution is 2.33. The molecule has 0 bridgehead atoms. The molecule has 0 radical (unpaired) electrons. The van der Waals surface area contributed by atoms with E-state index >= 15 is 0 Å². The summed E-state index contributed by atoms with van der Waals surface area (Å²) in [6, 6.07) is 2.21. The molecule has 0 saturated carbocycles. The van der Waals surface area contributed by atoms with E-state index in [2.05, 4.69) is 31.7 Å². The fourth-order valence-electron chi connectivity index (χ4n) is 2.12. The number of nitrogens with zero attached hydrogens (tertiary/aromatic N) is 2. The van der Waals surface area contributed by atoms with Gasteiger partial charge in [0.05, 0.1) is 6.07 Å². The lowest BCUT2D eigenvalue weighted by atomic mass is 9.80. The van der Waals surface area contributed by atoms with Gasteiger partial charge >= 0.3 is 0 Å². The second kappa shape index (κ2) is 4.79. The number of rotatable bonds is 3. The van der Waals surface area contributed by atoms with Gasteiger partial charge in [0.25, 0.3) is 0 Å². The third kappa shape index (κ3) is 3.31. The van der Waals surface area contributed by atoms with Crippen LogP contribution in [0, 0.1) is 22.7 Å². The van der Waals surface area contributed by atoms with Crippen LogP contribution in [-0.4, -0.2) is 24.5 Å². The Bertz CT molecular complexity index is 209. The van der Waals surface area contributed by atoms with Crippen molar-refractivity contribution in [1.29, 1.82) is 5.26 Å². The van der Waals surface area contributed by atoms with Gasteiger partial charge in [-0.3, -0.25) is 0 Å². The summed E-state index contributed by atoms with van der Waals surface area (Å²) in [6.07, 6.45) is 3.07. The Morgan fingerprint density at radius 2 is 2.14 bits per heavy atom. The molecule has 1 rings (SSSR count). The molecule has 80 valence electrons. The molecule has 0 aromatic heterocycles. The van der Waals surface area contributed by atoms with E-state index in [1.807, 2.05) is 0 Å². The van der Waals surface area contributed by atoms with Crippen molar-refractivity contribution in [3.05, 3.63) is 0 Å². The van der Waals surface area contributed by atoms with Crippen LogP contribution < -0.4 is 0 Å². The van der Waals surface area contributed by atoms with E-state index in [1.54, 1.807) is 0 Å². The van der Waals surface area contributed by atoms with E-state index in [1.165, 1.54) is 19.5 Å². The number of hydrogen-bond donors (Lipinski definition) is 0. The third-order valence-corrected chi connectivity index (χ3v) is 3.26. The summed E-state index contributed by atoms with van der Waals surface area (Å²) in [6.45, 7) is 10.6. The quantitative estimate of drug-likeness (QED) is 0.646. The summed E-state index contributed by atoms with van der Waals surface area (Å²) in [4.78, 5) is 2.51. The fraction of sp³-hybridized carbons (Fsp3) is 0.917. The molecule has 1 saturated heterocycles. The molecule has 0 amide bonds. The van der Waals surface area contributed by atoms with Gasteiger partial charge in [-0.15, -0.1) is 0 Å². The Morgan fingerprint density at radius 1 is 1.43 bits per heavy atom. The Morgan fingerprint density at radius 3 is 2.64 bits per heavy atom. The predicted octanol–water partition coefficient (Wildman–Crippen LogP) is 2.66. The maximum Gasteiger partial charge on any atom is 0.0622 e. The number of likely N-dealkylation sites (tertiary alicyclic amines) is 1. The van der Waals surface area contributed by atoms with Crippen LogP contribution in [0.2, 0.25) is 0 Å². The number of unbranched alkanes of at least 4 members (excludes halogenated alkanes) is 1. The largest absolute Gasteiger partial charge is 0.303 e. The molecule has 2 heteroatoms. The van der Waals surface area contributed by atoms with Crippen molar-refractivity contribution in [1.82, 2.24) is 4.90 Å². The first-order valence-electron chi connectivity index (χ1n) is 5.63. The van der Waals surface area contributed by atoms with Crippen LogP contribution in [0.4, 0.5) is 0 Å². The van der Waals surface area contributed by atoms with Crippen molar-refractivity contribution in [2.45, 2.75) is 40.0 Å². The van der Waals surface area contributed by atoms with Gasteiger partial charge in [0.1, 0.15) is 0 Å². The molecule has 1 aliphatic heterocycles. The van der Waals surface area contributed by atoms with Crippen LogP contribution in [0.3, 0.4) is 0 Å². The van der Waals surface area contributed by atoms with Gasteiger partial charge in [0.2, 0.25) is 0 Å². The van der Waals surface area contributed by atoms with Crippen molar-refractivity contribution < 1.29 is 0 Å². The van der Waals surface area contributed by atoms with Crippen LogP contribution in [0.25, 0.3) is 0 Å². The summed E-state index contributed by atoms with van der Waals surface area (Å²) in [5, 5.41) is 8.45. The average molecular weight is 194 g/mol. The van der Waals surface area contributed by atoms with Crippen LogP contribution >= 0.6 is 0 Å². The summed E-state index contributed by atoms with van der Waals surface area (Å²) in [7, 11) is 0. The van der Waals surface area contributed by atoms with E-state index < -0.39 is 0 Å². The summed E-state index contributed by atoms with van der Waals surface area (Å²) in [5.74, 6) is 0.838. The zero-order valence-electron chi connectivity index (χ0n) is 9.71. The van der Waals surface area contributed by atoms with E-state index in [0.717, 1.165) is 18.9 Å². The van der Waals surface area contributed by atoms with Crippen molar-refractivity contribution in [3.8, 4) is 6.07 Å². The molecule has 0 aliphatic carbocycles. The second-order valence-corrected chi connectivity index (χ2v) is 5.41. The molecule has 14 heavy (non-hydrogen) atoms. The van der Waals surface area contributed by atoms with Gasteiger partial charge in [-0.2, -0.15) is 5.26 Å². The molecule has 0 aromatic carbocycles. The van der Waals surface area contributed by atoms with Gasteiger partial charge in [-0.25, -0.2) is 0 Å². The second-order valence-electron chi connectivity index (χ2n) is 5.41. The van der Waals surface area contributed by atoms with Gasteiger partial charge in [-0.1, -0.05) is 20.8 Å². The molecule has 0 spiro atoms. The molecule has 1 aliphatic rings. The average Bonchev–Trinajstić information content (AvgIpc) is 2.52. The molecule has 1 atom stereocenters. The molecular weight excluding hydrogens is 172 g/mol. The summed E-state index contributed by atoms with van der Waals surface area (Å²) >= 11 is 0. The van der Waals surface area contributed by atoms with Crippen LogP contribution in [0.1, 0.15) is 40.0 Å². The molecule has 1 fully saturated rings. The van der Waals surface area contributed by atoms with Crippen LogP contribution in [0.5, 0.6) is 0 Å². The third-order valence-electron chi connectivity index (χ3n) is 3.26. The van der Waals surface area contributed by atoms with Gasteiger partial charge in [0, 0.05) is 13.0 Å². The minimum Gasteiger partial charge on any atom is -0.303 e. The van der Waals surface area contributed by atoms with E-state index in [-0.39, 0.29) is 0 Å². The molecule has 0 aromatic rings. The SMILES string of the molecule is CC(C)(C)C1CCN(CCCC#N)C1. The summed E-state index contributed by atoms with van der Waals surface area (Å²) in [5.41, 5.74) is 0.448. The molecule has 2 nitrogen and oxygen atoms in total. The highest BCUT2D eigenvalue weighted by molar-refractivity contribution is 4.84. The van der Waals surface area contributed by atoms with Gasteiger partial charge in [-0.05, 0) is 37.3 Å². The monoisotopic (exact) mass is 194 g/mol. The first-order chi connectivity index (χ1) is 6.54. The zero-order chi connectivity index (χ0) is 10.6. The number of hydrogen-bond acceptors (Lipinski definition) is 2. The zero-order valence-corrected chi connectivity index (χ0v) is 9.71. The molecule has 1 heterocycles. The minimum atomic E-state index is 0.448. The lowest BCUT2D eigenvalue weighted by Gasteiger charge is -2.27. The summed E-state index contributed by atoms with van der Waals surface area (Å²) < 4.78 is 0. The Balaban J connectivity index is 2.25. The first-order valence-corrected chi connectivity index (χ1v) is 5.63. The Kier molecular flexibility index (Phi) is 3.95. The molecule has 1 unspecified atom stereocenters. The highest BCUT2D eigenvalue weighted by atomic mass is 15.1. The lowest BCUT2D eigenvalue weighted by molar-refractivity contribution is 0.228. The predicted molar refractivity (Wildman–Crippen MR) is 58.8 cm³/mol. The molecular formula is C12H22N2. The smallest absolute Gasteiger partial charge is 0.0622 e. The normalized spacial score (nSPS) is 23.7. The van der Waals surface area contributed by atoms with Crippen molar-refractivity contribution in [2.75, 3.05) is 19.6 Å². The first kappa shape index (κ1) is 11.5. The van der Waals surface area contributed by atoms with E-state index in [9.17, 15) is 0 Å². The minimum absolute atomic E-state index is 0.448. The standard InChI is InChI=1S/C12H22N2/c1-12(2,3)11-6-9-14(10-11)8-5-4-7-13/h11H,4-6,8-10H2,1-3H3. The topological polar surface area (TPSA) is 27.0 Å². The Hall–Kier alpha value is -0.550. The lowest BCUT2D eigenvalue weighted by Crippen LogP contribution is -2.26. The number of nitriles is 1. The maximum absolute atomic E-state index is 8.45. The Labute approximate surface area is 87.9 Å². The van der Waals surface area contributed by atoms with Crippen LogP contribution in [-0.2, 0) is 0 Å². The van der Waals surface area contributed by atoms with E-state index in [4.69, 9.17) is 5.26 Å². The highest BCUT2D eigenvalue weighted by Gasteiger charge is 2.31. The van der Waals surface area contributed by atoms with Gasteiger partial charge in [0.15, 0.2) is 0 Å². The van der Waals surface area contributed by atoms with Gasteiger partial charge < -0.3 is 4.90 Å². The van der Waals surface area contributed by atoms with Crippen LogP contribution in [0.15, 0.2) is 0 Å². The molecule has 0 N–H and O–H groups in total. The van der Waals surface area contributed by atoms with Crippen molar-refractivity contribution >= 4 is 0 Å². The van der Waals surface area contributed by atoms with Crippen molar-refractivity contribution in [2.24, 2.45) is 11.3 Å². The maximum atomic E-state index is 8.45. The van der Waals surface area contributed by atoms with E-state index in [0.29, 0.717) is 11.8 Å².